The predicted molar refractivity (Wildman–Crippen MR) is 146 cm³/mol. The van der Waals surface area contributed by atoms with Gasteiger partial charge in [0.25, 0.3) is 5.56 Å². The van der Waals surface area contributed by atoms with Crippen molar-refractivity contribution >= 4 is 10.9 Å². The van der Waals surface area contributed by atoms with Crippen LogP contribution in [-0.2, 0) is 6.42 Å². The van der Waals surface area contributed by atoms with E-state index < -0.39 is 0 Å². The van der Waals surface area contributed by atoms with Crippen LogP contribution in [-0.4, -0.2) is 43.2 Å². The molecule has 0 bridgehead atoms. The van der Waals surface area contributed by atoms with Crippen LogP contribution in [0.25, 0.3) is 10.9 Å². The molecule has 2 aromatic carbocycles. The summed E-state index contributed by atoms with van der Waals surface area (Å²) in [6.07, 6.45) is 9.17. The molecule has 0 amide bonds. The van der Waals surface area contributed by atoms with E-state index in [0.717, 1.165) is 73.0 Å². The number of fused-ring (bicyclic) bond motifs is 1. The van der Waals surface area contributed by atoms with Gasteiger partial charge in [0, 0.05) is 11.1 Å². The van der Waals surface area contributed by atoms with Gasteiger partial charge in [0.2, 0.25) is 0 Å². The largest absolute Gasteiger partial charge is 0.322 e. The smallest absolute Gasteiger partial charge is 0.253 e. The van der Waals surface area contributed by atoms with Gasteiger partial charge in [-0.3, -0.25) is 9.69 Å². The molecule has 7 heteroatoms. The Hall–Kier alpha value is -3.32. The zero-order chi connectivity index (χ0) is 25.2. The van der Waals surface area contributed by atoms with Crippen LogP contribution in [0.5, 0.6) is 0 Å². The van der Waals surface area contributed by atoms with Crippen molar-refractivity contribution in [2.24, 2.45) is 5.92 Å². The molecule has 1 atom stereocenters. The fourth-order valence-electron chi connectivity index (χ4n) is 6.36. The summed E-state index contributed by atoms with van der Waals surface area (Å²) in [6.45, 7) is 3.89. The van der Waals surface area contributed by atoms with E-state index in [0.29, 0.717) is 12.0 Å². The summed E-state index contributed by atoms with van der Waals surface area (Å²) in [7, 11) is 0. The van der Waals surface area contributed by atoms with E-state index in [1.165, 1.54) is 24.8 Å². The Morgan fingerprint density at radius 1 is 0.973 bits per heavy atom. The number of H-pyrrole nitrogens is 1. The van der Waals surface area contributed by atoms with E-state index in [1.807, 2.05) is 17.7 Å². The Morgan fingerprint density at radius 3 is 2.54 bits per heavy atom. The van der Waals surface area contributed by atoms with Gasteiger partial charge in [-0.25, -0.2) is 4.68 Å². The van der Waals surface area contributed by atoms with Crippen molar-refractivity contribution in [1.29, 1.82) is 0 Å². The van der Waals surface area contributed by atoms with Crippen LogP contribution < -0.4 is 5.56 Å². The Labute approximate surface area is 217 Å². The summed E-state index contributed by atoms with van der Waals surface area (Å²) >= 11 is 0. The molecule has 0 spiro atoms. The van der Waals surface area contributed by atoms with Crippen molar-refractivity contribution in [1.82, 2.24) is 30.1 Å². The normalized spacial score (nSPS) is 18.8. The van der Waals surface area contributed by atoms with Crippen molar-refractivity contribution < 1.29 is 0 Å². The number of likely N-dealkylation sites (tertiary alicyclic amines) is 1. The molecule has 1 aliphatic heterocycles. The number of nitrogens with zero attached hydrogens (tertiary/aromatic N) is 5. The molecule has 2 aliphatic rings. The topological polar surface area (TPSA) is 79.7 Å². The standard InChI is InChI=1S/C30H36N6O/c1-21-12-13-24-20-26(30(37)31-27(24)18-21)28(29-32-33-34-36(29)25-10-6-3-7-11-25)35-16-14-23(15-17-35)19-22-8-4-2-5-9-22/h2,4-5,8-9,12-13,18,20,23,25,28H,3,6-7,10-11,14-17,19H2,1H3,(H,31,37). The minimum Gasteiger partial charge on any atom is -0.322 e. The maximum Gasteiger partial charge on any atom is 0.253 e. The van der Waals surface area contributed by atoms with Crippen molar-refractivity contribution in [3.63, 3.8) is 0 Å². The minimum absolute atomic E-state index is 0.0484. The Kier molecular flexibility index (Phi) is 6.87. The highest BCUT2D eigenvalue weighted by Gasteiger charge is 2.34. The molecular weight excluding hydrogens is 460 g/mol. The molecule has 192 valence electrons. The lowest BCUT2D eigenvalue weighted by atomic mass is 9.88. The first-order valence-electron chi connectivity index (χ1n) is 13.8. The van der Waals surface area contributed by atoms with Crippen LogP contribution >= 0.6 is 0 Å². The van der Waals surface area contributed by atoms with Crippen LogP contribution in [0.3, 0.4) is 0 Å². The lowest BCUT2D eigenvalue weighted by molar-refractivity contribution is 0.140. The summed E-state index contributed by atoms with van der Waals surface area (Å²) in [5.41, 5.74) is 4.10. The van der Waals surface area contributed by atoms with Crippen LogP contribution in [0, 0.1) is 12.8 Å². The Balaban J connectivity index is 1.34. The third-order valence-electron chi connectivity index (χ3n) is 8.39. The zero-order valence-corrected chi connectivity index (χ0v) is 21.6. The molecule has 3 heterocycles. The number of benzene rings is 2. The average molecular weight is 497 g/mol. The fourth-order valence-corrected chi connectivity index (χ4v) is 6.36. The van der Waals surface area contributed by atoms with Gasteiger partial charge in [-0.15, -0.1) is 5.10 Å². The number of pyridine rings is 1. The zero-order valence-electron chi connectivity index (χ0n) is 21.6. The van der Waals surface area contributed by atoms with Gasteiger partial charge >= 0.3 is 0 Å². The molecule has 2 aromatic heterocycles. The maximum atomic E-state index is 13.6. The molecule has 37 heavy (non-hydrogen) atoms. The third-order valence-corrected chi connectivity index (χ3v) is 8.39. The van der Waals surface area contributed by atoms with Gasteiger partial charge in [0.05, 0.1) is 6.04 Å². The van der Waals surface area contributed by atoms with Crippen LogP contribution in [0.4, 0.5) is 0 Å². The predicted octanol–water partition coefficient (Wildman–Crippen LogP) is 5.37. The number of hydrogen-bond donors (Lipinski definition) is 1. The van der Waals surface area contributed by atoms with E-state index >= 15 is 0 Å². The highest BCUT2D eigenvalue weighted by Crippen LogP contribution is 2.35. The Bertz CT molecular complexity index is 1400. The molecular formula is C30H36N6O. The monoisotopic (exact) mass is 496 g/mol. The number of rotatable bonds is 6. The SMILES string of the molecule is Cc1ccc2cc(C(c3nnnn3C3CCCCC3)N3CCC(Cc4ccccc4)CC3)c(=O)[nH]c2c1. The van der Waals surface area contributed by atoms with Gasteiger partial charge in [-0.2, -0.15) is 0 Å². The number of tetrazole rings is 1. The molecule has 6 rings (SSSR count). The van der Waals surface area contributed by atoms with E-state index in [2.05, 4.69) is 73.9 Å². The molecule has 4 aromatic rings. The molecule has 7 nitrogen and oxygen atoms in total. The highest BCUT2D eigenvalue weighted by atomic mass is 16.1. The quantitative estimate of drug-likeness (QED) is 0.388. The summed E-state index contributed by atoms with van der Waals surface area (Å²) < 4.78 is 2.04. The molecule has 1 aliphatic carbocycles. The number of aryl methyl sites for hydroxylation is 1. The molecule has 1 N–H and O–H groups in total. The summed E-state index contributed by atoms with van der Waals surface area (Å²) in [5, 5.41) is 14.2. The lowest BCUT2D eigenvalue weighted by Crippen LogP contribution is -2.41. The molecule has 1 unspecified atom stereocenters. The van der Waals surface area contributed by atoms with Gasteiger partial charge in [0.1, 0.15) is 6.04 Å². The van der Waals surface area contributed by atoms with Crippen LogP contribution in [0.15, 0.2) is 59.4 Å². The number of nitrogens with one attached hydrogen (secondary N) is 1. The van der Waals surface area contributed by atoms with Crippen molar-refractivity contribution in [3.05, 3.63) is 87.5 Å². The van der Waals surface area contributed by atoms with E-state index in [9.17, 15) is 4.79 Å². The van der Waals surface area contributed by atoms with Gasteiger partial charge < -0.3 is 4.98 Å². The number of hydrogen-bond acceptors (Lipinski definition) is 5. The van der Waals surface area contributed by atoms with E-state index in [4.69, 9.17) is 0 Å². The first-order valence-corrected chi connectivity index (χ1v) is 13.8. The molecule has 1 saturated carbocycles. The average Bonchev–Trinajstić information content (AvgIpc) is 3.41. The van der Waals surface area contributed by atoms with Gasteiger partial charge in [-0.05, 0) is 97.1 Å². The second-order valence-electron chi connectivity index (χ2n) is 11.0. The number of piperidine rings is 1. The van der Waals surface area contributed by atoms with Crippen LogP contribution in [0.2, 0.25) is 0 Å². The minimum atomic E-state index is -0.260. The second-order valence-corrected chi connectivity index (χ2v) is 11.0. The molecule has 1 saturated heterocycles. The molecule has 2 fully saturated rings. The van der Waals surface area contributed by atoms with E-state index in [-0.39, 0.29) is 11.6 Å². The Morgan fingerprint density at radius 2 is 1.76 bits per heavy atom. The maximum absolute atomic E-state index is 13.6. The first kappa shape index (κ1) is 24.0. The van der Waals surface area contributed by atoms with Gasteiger partial charge in [0.15, 0.2) is 5.82 Å². The first-order chi connectivity index (χ1) is 18.2. The summed E-state index contributed by atoms with van der Waals surface area (Å²) in [5.74, 6) is 1.46. The highest BCUT2D eigenvalue weighted by molar-refractivity contribution is 5.79. The van der Waals surface area contributed by atoms with Crippen LogP contribution in [0.1, 0.15) is 79.5 Å². The second kappa shape index (κ2) is 10.6. The molecule has 0 radical (unpaired) electrons. The third kappa shape index (κ3) is 5.10. The van der Waals surface area contributed by atoms with Gasteiger partial charge in [-0.1, -0.05) is 61.7 Å². The van der Waals surface area contributed by atoms with Crippen molar-refractivity contribution in [3.8, 4) is 0 Å². The summed E-state index contributed by atoms with van der Waals surface area (Å²) in [4.78, 5) is 19.2. The van der Waals surface area contributed by atoms with Crippen molar-refractivity contribution in [2.45, 2.75) is 70.4 Å². The lowest BCUT2D eigenvalue weighted by Gasteiger charge is -2.37. The van der Waals surface area contributed by atoms with E-state index in [1.54, 1.807) is 0 Å². The number of aromatic nitrogens is 5. The summed E-state index contributed by atoms with van der Waals surface area (Å²) in [6, 6.07) is 19.1. The fraction of sp³-hybridized carbons (Fsp3) is 0.467. The number of aromatic amines is 1. The van der Waals surface area contributed by atoms with Crippen molar-refractivity contribution in [2.75, 3.05) is 13.1 Å².